The molecule has 0 radical (unpaired) electrons. The third kappa shape index (κ3) is 4.87. The Kier molecular flexibility index (Phi) is 5.70. The highest BCUT2D eigenvalue weighted by molar-refractivity contribution is 7.91. The summed E-state index contributed by atoms with van der Waals surface area (Å²) < 4.78 is 28.4. The zero-order chi connectivity index (χ0) is 18.7. The highest BCUT2D eigenvalue weighted by Crippen LogP contribution is 2.29. The van der Waals surface area contributed by atoms with Crippen molar-refractivity contribution < 1.29 is 17.6 Å². The van der Waals surface area contributed by atoms with Crippen LogP contribution in [0.3, 0.4) is 0 Å². The second-order valence-corrected chi connectivity index (χ2v) is 9.14. The Balaban J connectivity index is 1.55. The quantitative estimate of drug-likeness (QED) is 0.598. The molecule has 0 saturated carbocycles. The number of nitrogens with one attached hydrogen (secondary N) is 1. The van der Waals surface area contributed by atoms with E-state index in [9.17, 15) is 13.2 Å². The van der Waals surface area contributed by atoms with E-state index in [-0.39, 0.29) is 29.8 Å². The Hall–Kier alpha value is -1.83. The van der Waals surface area contributed by atoms with Crippen molar-refractivity contribution >= 4 is 45.2 Å². The van der Waals surface area contributed by atoms with Crippen LogP contribution in [0.5, 0.6) is 0 Å². The van der Waals surface area contributed by atoms with E-state index in [0.717, 1.165) is 5.56 Å². The fraction of sp³-hybridized carbons (Fsp3) is 0.294. The summed E-state index contributed by atoms with van der Waals surface area (Å²) in [5.41, 5.74) is 3.16. The Morgan fingerprint density at radius 3 is 2.77 bits per heavy atom. The van der Waals surface area contributed by atoms with Gasteiger partial charge in [-0.15, -0.1) is 0 Å². The zero-order valence-corrected chi connectivity index (χ0v) is 15.9. The van der Waals surface area contributed by atoms with Crippen LogP contribution in [0, 0.1) is 5.92 Å². The van der Waals surface area contributed by atoms with Crippen LogP contribution in [0.25, 0.3) is 11.3 Å². The van der Waals surface area contributed by atoms with Crippen molar-refractivity contribution in [1.82, 2.24) is 5.43 Å². The van der Waals surface area contributed by atoms with E-state index in [1.165, 1.54) is 6.21 Å². The van der Waals surface area contributed by atoms with E-state index >= 15 is 0 Å². The first-order valence-corrected chi connectivity index (χ1v) is 10.5. The molecule has 138 valence electrons. The zero-order valence-electron chi connectivity index (χ0n) is 13.6. The molecule has 9 heteroatoms. The molecule has 3 rings (SSSR count). The summed E-state index contributed by atoms with van der Waals surface area (Å²) in [6, 6.07) is 8.62. The van der Waals surface area contributed by atoms with Gasteiger partial charge in [0.2, 0.25) is 5.91 Å². The second kappa shape index (κ2) is 7.82. The molecule has 1 aromatic carbocycles. The number of carbonyl (C=O) groups is 1. The fourth-order valence-electron chi connectivity index (χ4n) is 2.74. The summed E-state index contributed by atoms with van der Waals surface area (Å²) in [7, 11) is -2.99. The topological polar surface area (TPSA) is 88.7 Å². The molecule has 1 aliphatic heterocycles. The van der Waals surface area contributed by atoms with Crippen molar-refractivity contribution in [3.63, 3.8) is 0 Å². The Morgan fingerprint density at radius 2 is 2.08 bits per heavy atom. The van der Waals surface area contributed by atoms with Gasteiger partial charge in [0.15, 0.2) is 9.84 Å². The van der Waals surface area contributed by atoms with E-state index in [2.05, 4.69) is 10.5 Å². The fourth-order valence-corrected chi connectivity index (χ4v) is 4.90. The van der Waals surface area contributed by atoms with Crippen molar-refractivity contribution in [1.29, 1.82) is 0 Å². The number of benzene rings is 1. The first-order chi connectivity index (χ1) is 12.3. The molecule has 1 N–H and O–H groups in total. The maximum Gasteiger partial charge on any atom is 0.240 e. The number of hydrogen-bond acceptors (Lipinski definition) is 5. The number of furan rings is 1. The molecule has 6 nitrogen and oxygen atoms in total. The third-order valence-corrected chi connectivity index (χ3v) is 6.59. The average molecular weight is 415 g/mol. The molecule has 0 spiro atoms. The molecule has 1 amide bonds. The predicted molar refractivity (Wildman–Crippen MR) is 101 cm³/mol. The molecular formula is C17H16Cl2N2O4S. The van der Waals surface area contributed by atoms with Crippen LogP contribution in [-0.4, -0.2) is 32.0 Å². The molecule has 1 aromatic heterocycles. The first kappa shape index (κ1) is 18.9. The lowest BCUT2D eigenvalue weighted by atomic mass is 10.1. The maximum atomic E-state index is 11.8. The van der Waals surface area contributed by atoms with E-state index in [1.807, 2.05) is 0 Å². The normalized spacial score (nSPS) is 19.1. The number of sulfone groups is 1. The standard InChI is InChI=1S/C17H16Cl2N2O4S/c18-14-3-1-12(8-15(14)19)16-4-2-13(25-16)9-20-21-17(22)7-11-5-6-26(23,24)10-11/h1-4,8-9,11H,5-7,10H2,(H,21,22)/b20-9-/t11-/m1/s1. The van der Waals surface area contributed by atoms with Gasteiger partial charge in [-0.3, -0.25) is 4.79 Å². The summed E-state index contributed by atoms with van der Waals surface area (Å²) in [6.45, 7) is 0. The molecule has 26 heavy (non-hydrogen) atoms. The molecule has 0 aliphatic carbocycles. The van der Waals surface area contributed by atoms with Gasteiger partial charge in [-0.05, 0) is 42.7 Å². The number of hydrogen-bond donors (Lipinski definition) is 1. The van der Waals surface area contributed by atoms with Crippen LogP contribution in [0.15, 0.2) is 39.9 Å². The molecular weight excluding hydrogens is 399 g/mol. The summed E-state index contributed by atoms with van der Waals surface area (Å²) in [4.78, 5) is 11.8. The summed E-state index contributed by atoms with van der Waals surface area (Å²) >= 11 is 11.9. The van der Waals surface area contributed by atoms with Crippen LogP contribution in [0.1, 0.15) is 18.6 Å². The minimum absolute atomic E-state index is 0.0648. The van der Waals surface area contributed by atoms with E-state index in [0.29, 0.717) is 28.0 Å². The molecule has 2 heterocycles. The average Bonchev–Trinajstić information content (AvgIpc) is 3.16. The SMILES string of the molecule is O=C(C[C@H]1CCS(=O)(=O)C1)N/N=C\c1ccc(-c2ccc(Cl)c(Cl)c2)o1. The maximum absolute atomic E-state index is 11.8. The number of rotatable bonds is 5. The largest absolute Gasteiger partial charge is 0.455 e. The third-order valence-electron chi connectivity index (χ3n) is 4.01. The van der Waals surface area contributed by atoms with Crippen molar-refractivity contribution in [2.45, 2.75) is 12.8 Å². The lowest BCUT2D eigenvalue weighted by molar-refractivity contribution is -0.121. The van der Waals surface area contributed by atoms with Gasteiger partial charge >= 0.3 is 0 Å². The van der Waals surface area contributed by atoms with Gasteiger partial charge in [-0.2, -0.15) is 5.10 Å². The molecule has 2 aromatic rings. The van der Waals surface area contributed by atoms with Crippen LogP contribution in [-0.2, 0) is 14.6 Å². The summed E-state index contributed by atoms with van der Waals surface area (Å²) in [6.07, 6.45) is 2.04. The number of hydrazone groups is 1. The number of halogens is 2. The van der Waals surface area contributed by atoms with Crippen molar-refractivity contribution in [3.05, 3.63) is 46.1 Å². The van der Waals surface area contributed by atoms with Gasteiger partial charge in [-0.25, -0.2) is 13.8 Å². The van der Waals surface area contributed by atoms with Gasteiger partial charge < -0.3 is 4.42 Å². The number of nitrogens with zero attached hydrogens (tertiary/aromatic N) is 1. The molecule has 1 atom stereocenters. The molecule has 1 saturated heterocycles. The molecule has 1 aliphatic rings. The van der Waals surface area contributed by atoms with Crippen LogP contribution in [0.4, 0.5) is 0 Å². The van der Waals surface area contributed by atoms with Gasteiger partial charge in [0.05, 0.1) is 27.8 Å². The molecule has 0 unspecified atom stereocenters. The lowest BCUT2D eigenvalue weighted by Gasteiger charge is -2.04. The van der Waals surface area contributed by atoms with Crippen LogP contribution < -0.4 is 5.43 Å². The van der Waals surface area contributed by atoms with Crippen molar-refractivity contribution in [3.8, 4) is 11.3 Å². The van der Waals surface area contributed by atoms with Gasteiger partial charge in [-0.1, -0.05) is 23.2 Å². The van der Waals surface area contributed by atoms with E-state index in [4.69, 9.17) is 27.6 Å². The van der Waals surface area contributed by atoms with Crippen molar-refractivity contribution in [2.75, 3.05) is 11.5 Å². The summed E-state index contributed by atoms with van der Waals surface area (Å²) in [5, 5.41) is 4.73. The number of amides is 1. The monoisotopic (exact) mass is 414 g/mol. The second-order valence-electron chi connectivity index (χ2n) is 6.10. The predicted octanol–water partition coefficient (Wildman–Crippen LogP) is 3.53. The minimum Gasteiger partial charge on any atom is -0.455 e. The Bertz CT molecular complexity index is 953. The summed E-state index contributed by atoms with van der Waals surface area (Å²) in [5.74, 6) is 0.801. The smallest absolute Gasteiger partial charge is 0.240 e. The van der Waals surface area contributed by atoms with Crippen LogP contribution in [0.2, 0.25) is 10.0 Å². The lowest BCUT2D eigenvalue weighted by Crippen LogP contribution is -2.21. The Labute approximate surface area is 161 Å². The van der Waals surface area contributed by atoms with Gasteiger partial charge in [0.25, 0.3) is 0 Å². The van der Waals surface area contributed by atoms with E-state index < -0.39 is 9.84 Å². The van der Waals surface area contributed by atoms with Crippen LogP contribution >= 0.6 is 23.2 Å². The number of carbonyl (C=O) groups excluding carboxylic acids is 1. The first-order valence-electron chi connectivity index (χ1n) is 7.90. The van der Waals surface area contributed by atoms with Crippen molar-refractivity contribution in [2.24, 2.45) is 11.0 Å². The highest BCUT2D eigenvalue weighted by atomic mass is 35.5. The van der Waals surface area contributed by atoms with Gasteiger partial charge in [0.1, 0.15) is 11.5 Å². The van der Waals surface area contributed by atoms with Gasteiger partial charge in [0, 0.05) is 12.0 Å². The molecule has 0 bridgehead atoms. The molecule has 1 fully saturated rings. The van der Waals surface area contributed by atoms with E-state index in [1.54, 1.807) is 30.3 Å². The Morgan fingerprint density at radius 1 is 1.27 bits per heavy atom. The highest BCUT2D eigenvalue weighted by Gasteiger charge is 2.29. The minimum atomic E-state index is -2.99.